The lowest BCUT2D eigenvalue weighted by molar-refractivity contribution is 0.102. The maximum absolute atomic E-state index is 12.3. The van der Waals surface area contributed by atoms with Crippen molar-refractivity contribution in [1.82, 2.24) is 0 Å². The highest BCUT2D eigenvalue weighted by Gasteiger charge is 2.09. The second-order valence-electron chi connectivity index (χ2n) is 5.09. The summed E-state index contributed by atoms with van der Waals surface area (Å²) < 4.78 is 0. The summed E-state index contributed by atoms with van der Waals surface area (Å²) in [4.78, 5) is 12.3. The Labute approximate surface area is 123 Å². The van der Waals surface area contributed by atoms with Crippen LogP contribution < -0.4 is 11.1 Å². The van der Waals surface area contributed by atoms with Crippen LogP contribution in [0.4, 0.5) is 11.4 Å². The Kier molecular flexibility index (Phi) is 3.32. The molecule has 0 bridgehead atoms. The quantitative estimate of drug-likeness (QED) is 0.695. The molecule has 3 rings (SSSR count). The summed E-state index contributed by atoms with van der Waals surface area (Å²) in [7, 11) is 0. The minimum absolute atomic E-state index is 0.122. The SMILES string of the molecule is Cc1cc(N)ccc1C(=O)Nc1ccc2ccccc2c1. The number of benzene rings is 3. The van der Waals surface area contributed by atoms with Crippen molar-refractivity contribution < 1.29 is 4.79 Å². The molecule has 0 fully saturated rings. The lowest BCUT2D eigenvalue weighted by Gasteiger charge is -2.09. The van der Waals surface area contributed by atoms with E-state index in [4.69, 9.17) is 5.73 Å². The number of carbonyl (C=O) groups is 1. The van der Waals surface area contributed by atoms with Crippen LogP contribution in [0.1, 0.15) is 15.9 Å². The predicted octanol–water partition coefficient (Wildman–Crippen LogP) is 3.98. The number of anilines is 2. The predicted molar refractivity (Wildman–Crippen MR) is 87.5 cm³/mol. The van der Waals surface area contributed by atoms with Gasteiger partial charge in [0.15, 0.2) is 0 Å². The first-order chi connectivity index (χ1) is 10.1. The van der Waals surface area contributed by atoms with E-state index in [0.717, 1.165) is 22.0 Å². The van der Waals surface area contributed by atoms with E-state index in [0.29, 0.717) is 11.3 Å². The Morgan fingerprint density at radius 1 is 0.952 bits per heavy atom. The molecule has 0 aliphatic heterocycles. The van der Waals surface area contributed by atoms with E-state index in [1.54, 1.807) is 18.2 Å². The number of carbonyl (C=O) groups excluding carboxylic acids is 1. The van der Waals surface area contributed by atoms with Gasteiger partial charge < -0.3 is 11.1 Å². The third-order valence-corrected chi connectivity index (χ3v) is 3.50. The Bertz CT molecular complexity index is 824. The van der Waals surface area contributed by atoms with Gasteiger partial charge in [-0.3, -0.25) is 4.79 Å². The molecule has 0 saturated heterocycles. The number of hydrogen-bond donors (Lipinski definition) is 2. The first-order valence-electron chi connectivity index (χ1n) is 6.80. The van der Waals surface area contributed by atoms with E-state index in [1.807, 2.05) is 49.4 Å². The number of fused-ring (bicyclic) bond motifs is 1. The molecular weight excluding hydrogens is 260 g/mol. The number of amides is 1. The highest BCUT2D eigenvalue weighted by atomic mass is 16.1. The van der Waals surface area contributed by atoms with Crippen LogP contribution in [0.2, 0.25) is 0 Å². The fourth-order valence-electron chi connectivity index (χ4n) is 2.41. The maximum atomic E-state index is 12.3. The van der Waals surface area contributed by atoms with Crippen molar-refractivity contribution in [1.29, 1.82) is 0 Å². The molecule has 0 spiro atoms. The van der Waals surface area contributed by atoms with Crippen molar-refractivity contribution in [3.63, 3.8) is 0 Å². The molecule has 0 aliphatic rings. The molecular formula is C18H16N2O. The Hall–Kier alpha value is -2.81. The van der Waals surface area contributed by atoms with Crippen molar-refractivity contribution in [3.05, 3.63) is 71.8 Å². The second kappa shape index (κ2) is 5.29. The number of nitrogens with one attached hydrogen (secondary N) is 1. The van der Waals surface area contributed by atoms with Crippen molar-refractivity contribution in [3.8, 4) is 0 Å². The molecule has 3 aromatic carbocycles. The smallest absolute Gasteiger partial charge is 0.255 e. The van der Waals surface area contributed by atoms with Crippen molar-refractivity contribution in [2.24, 2.45) is 0 Å². The zero-order valence-corrected chi connectivity index (χ0v) is 11.8. The highest BCUT2D eigenvalue weighted by molar-refractivity contribution is 6.06. The summed E-state index contributed by atoms with van der Waals surface area (Å²) in [6.07, 6.45) is 0. The normalized spacial score (nSPS) is 10.5. The molecule has 21 heavy (non-hydrogen) atoms. The van der Waals surface area contributed by atoms with Gasteiger partial charge in [-0.15, -0.1) is 0 Å². The van der Waals surface area contributed by atoms with Crippen LogP contribution in [0.15, 0.2) is 60.7 Å². The number of nitrogen functional groups attached to an aromatic ring is 1. The molecule has 3 heteroatoms. The molecule has 0 aromatic heterocycles. The van der Waals surface area contributed by atoms with E-state index < -0.39 is 0 Å². The zero-order chi connectivity index (χ0) is 14.8. The Morgan fingerprint density at radius 2 is 1.71 bits per heavy atom. The topological polar surface area (TPSA) is 55.1 Å². The average Bonchev–Trinajstić information content (AvgIpc) is 2.47. The third-order valence-electron chi connectivity index (χ3n) is 3.50. The van der Waals surface area contributed by atoms with Gasteiger partial charge in [-0.1, -0.05) is 30.3 Å². The molecule has 3 nitrogen and oxygen atoms in total. The Balaban J connectivity index is 1.89. The molecule has 0 atom stereocenters. The molecule has 0 saturated carbocycles. The first-order valence-corrected chi connectivity index (χ1v) is 6.80. The van der Waals surface area contributed by atoms with Crippen LogP contribution in [0.3, 0.4) is 0 Å². The van der Waals surface area contributed by atoms with Crippen molar-refractivity contribution >= 4 is 28.1 Å². The minimum atomic E-state index is -0.122. The van der Waals surface area contributed by atoms with Gasteiger partial charge >= 0.3 is 0 Å². The van der Waals surface area contributed by atoms with Gasteiger partial charge in [0.1, 0.15) is 0 Å². The summed E-state index contributed by atoms with van der Waals surface area (Å²) in [5.41, 5.74) is 8.66. The van der Waals surface area contributed by atoms with Crippen molar-refractivity contribution in [2.45, 2.75) is 6.92 Å². The van der Waals surface area contributed by atoms with E-state index in [9.17, 15) is 4.79 Å². The van der Waals surface area contributed by atoms with Crippen LogP contribution in [0.5, 0.6) is 0 Å². The van der Waals surface area contributed by atoms with Crippen LogP contribution in [0, 0.1) is 6.92 Å². The lowest BCUT2D eigenvalue weighted by Crippen LogP contribution is -2.13. The van der Waals surface area contributed by atoms with Gasteiger partial charge in [-0.25, -0.2) is 0 Å². The van der Waals surface area contributed by atoms with Gasteiger partial charge in [0, 0.05) is 16.9 Å². The van der Waals surface area contributed by atoms with E-state index in [-0.39, 0.29) is 5.91 Å². The standard InChI is InChI=1S/C18H16N2O/c1-12-10-15(19)7-9-17(12)18(21)20-16-8-6-13-4-2-3-5-14(13)11-16/h2-11H,19H2,1H3,(H,20,21). The van der Waals surface area contributed by atoms with Crippen LogP contribution in [0.25, 0.3) is 10.8 Å². The molecule has 3 aromatic rings. The van der Waals surface area contributed by atoms with Gasteiger partial charge in [0.2, 0.25) is 0 Å². The molecule has 104 valence electrons. The molecule has 3 N–H and O–H groups in total. The van der Waals surface area contributed by atoms with Gasteiger partial charge in [-0.2, -0.15) is 0 Å². The van der Waals surface area contributed by atoms with E-state index in [1.165, 1.54) is 0 Å². The lowest BCUT2D eigenvalue weighted by atomic mass is 10.1. The largest absolute Gasteiger partial charge is 0.399 e. The summed E-state index contributed by atoms with van der Waals surface area (Å²) in [6, 6.07) is 19.2. The fourth-order valence-corrected chi connectivity index (χ4v) is 2.41. The fraction of sp³-hybridized carbons (Fsp3) is 0.0556. The first kappa shape index (κ1) is 13.2. The number of nitrogens with two attached hydrogens (primary N) is 1. The molecule has 0 heterocycles. The number of aryl methyl sites for hydroxylation is 1. The highest BCUT2D eigenvalue weighted by Crippen LogP contribution is 2.20. The monoisotopic (exact) mass is 276 g/mol. The second-order valence-corrected chi connectivity index (χ2v) is 5.09. The summed E-state index contributed by atoms with van der Waals surface area (Å²) >= 11 is 0. The molecule has 0 aliphatic carbocycles. The van der Waals surface area contributed by atoms with Crippen LogP contribution in [-0.4, -0.2) is 5.91 Å². The van der Waals surface area contributed by atoms with E-state index in [2.05, 4.69) is 5.32 Å². The zero-order valence-electron chi connectivity index (χ0n) is 11.8. The van der Waals surface area contributed by atoms with Gasteiger partial charge in [0.25, 0.3) is 5.91 Å². The minimum Gasteiger partial charge on any atom is -0.399 e. The van der Waals surface area contributed by atoms with Gasteiger partial charge in [0.05, 0.1) is 0 Å². The molecule has 0 radical (unpaired) electrons. The van der Waals surface area contributed by atoms with E-state index >= 15 is 0 Å². The summed E-state index contributed by atoms with van der Waals surface area (Å²) in [6.45, 7) is 1.88. The molecule has 1 amide bonds. The summed E-state index contributed by atoms with van der Waals surface area (Å²) in [5.74, 6) is -0.122. The third kappa shape index (κ3) is 2.72. The van der Waals surface area contributed by atoms with Crippen LogP contribution in [-0.2, 0) is 0 Å². The number of hydrogen-bond acceptors (Lipinski definition) is 2. The summed E-state index contributed by atoms with van der Waals surface area (Å²) in [5, 5.41) is 5.18. The Morgan fingerprint density at radius 3 is 2.48 bits per heavy atom. The van der Waals surface area contributed by atoms with Crippen molar-refractivity contribution in [2.75, 3.05) is 11.1 Å². The average molecular weight is 276 g/mol. The number of rotatable bonds is 2. The van der Waals surface area contributed by atoms with Gasteiger partial charge in [-0.05, 0) is 53.6 Å². The maximum Gasteiger partial charge on any atom is 0.255 e. The van der Waals surface area contributed by atoms with Crippen LogP contribution >= 0.6 is 0 Å². The molecule has 0 unspecified atom stereocenters.